The fourth-order valence-corrected chi connectivity index (χ4v) is 3.99. The molecular weight excluding hydrogens is 308 g/mol. The van der Waals surface area contributed by atoms with E-state index >= 15 is 0 Å². The molecule has 0 aliphatic carbocycles. The maximum Gasteiger partial charge on any atom is 0.107 e. The van der Waals surface area contributed by atoms with Crippen molar-refractivity contribution < 1.29 is 5.11 Å². The van der Waals surface area contributed by atoms with Gasteiger partial charge in [-0.05, 0) is 51.0 Å². The van der Waals surface area contributed by atoms with Gasteiger partial charge in [0.25, 0.3) is 0 Å². The molecule has 1 saturated heterocycles. The van der Waals surface area contributed by atoms with E-state index in [1.54, 1.807) is 0 Å². The van der Waals surface area contributed by atoms with E-state index in [-0.39, 0.29) is 6.04 Å². The van der Waals surface area contributed by atoms with Crippen molar-refractivity contribution >= 4 is 0 Å². The van der Waals surface area contributed by atoms with Gasteiger partial charge in [-0.25, -0.2) is 0 Å². The second-order valence-corrected chi connectivity index (χ2v) is 7.41. The van der Waals surface area contributed by atoms with Crippen LogP contribution in [0.3, 0.4) is 0 Å². The molecule has 0 unspecified atom stereocenters. The Morgan fingerprint density at radius 3 is 2.32 bits per heavy atom. The number of likely N-dealkylation sites (N-methyl/N-ethyl adjacent to an activating group) is 1. The van der Waals surface area contributed by atoms with Crippen LogP contribution in [0.5, 0.6) is 0 Å². The van der Waals surface area contributed by atoms with Crippen LogP contribution in [0.15, 0.2) is 60.7 Å². The molecule has 2 aromatic carbocycles. The maximum atomic E-state index is 11.4. The quantitative estimate of drug-likeness (QED) is 0.876. The van der Waals surface area contributed by atoms with Crippen LogP contribution in [-0.2, 0) is 12.0 Å². The van der Waals surface area contributed by atoms with E-state index in [1.165, 1.54) is 5.56 Å². The summed E-state index contributed by atoms with van der Waals surface area (Å²) >= 11 is 0. The third-order valence-corrected chi connectivity index (χ3v) is 5.47. The van der Waals surface area contributed by atoms with Crippen molar-refractivity contribution in [3.05, 3.63) is 71.8 Å². The largest absolute Gasteiger partial charge is 0.383 e. The van der Waals surface area contributed by atoms with Gasteiger partial charge in [0.2, 0.25) is 0 Å². The molecule has 2 aromatic rings. The number of nitrogens with zero attached hydrogens (tertiary/aromatic N) is 2. The van der Waals surface area contributed by atoms with E-state index in [4.69, 9.17) is 0 Å². The Hall–Kier alpha value is -1.68. The molecular formula is C22H30N2O. The number of rotatable bonds is 6. The fourth-order valence-electron chi connectivity index (χ4n) is 3.99. The van der Waals surface area contributed by atoms with Gasteiger partial charge < -0.3 is 14.9 Å². The maximum absolute atomic E-state index is 11.4. The van der Waals surface area contributed by atoms with Gasteiger partial charge in [-0.2, -0.15) is 0 Å². The topological polar surface area (TPSA) is 26.7 Å². The van der Waals surface area contributed by atoms with Crippen LogP contribution < -0.4 is 0 Å². The summed E-state index contributed by atoms with van der Waals surface area (Å²) in [4.78, 5) is 4.68. The monoisotopic (exact) mass is 338 g/mol. The van der Waals surface area contributed by atoms with Crippen molar-refractivity contribution in [3.8, 4) is 0 Å². The van der Waals surface area contributed by atoms with Gasteiger partial charge in [-0.1, -0.05) is 60.7 Å². The predicted molar refractivity (Wildman–Crippen MR) is 104 cm³/mol. The van der Waals surface area contributed by atoms with Crippen LogP contribution in [0, 0.1) is 0 Å². The number of hydrogen-bond acceptors (Lipinski definition) is 3. The summed E-state index contributed by atoms with van der Waals surface area (Å²) < 4.78 is 0. The zero-order chi connectivity index (χ0) is 17.7. The molecule has 0 amide bonds. The Kier molecular flexibility index (Phi) is 5.89. The molecule has 3 heteroatoms. The van der Waals surface area contributed by atoms with E-state index in [0.717, 1.165) is 44.5 Å². The zero-order valence-corrected chi connectivity index (χ0v) is 15.4. The van der Waals surface area contributed by atoms with Gasteiger partial charge in [0.15, 0.2) is 0 Å². The van der Waals surface area contributed by atoms with Crippen molar-refractivity contribution in [2.24, 2.45) is 0 Å². The Bertz CT molecular complexity index is 644. The van der Waals surface area contributed by atoms with Crippen LogP contribution in [0.1, 0.15) is 24.0 Å². The third kappa shape index (κ3) is 4.30. The number of hydrogen-bond donors (Lipinski definition) is 1. The summed E-state index contributed by atoms with van der Waals surface area (Å²) in [6.45, 7) is 2.95. The molecule has 134 valence electrons. The number of benzene rings is 2. The van der Waals surface area contributed by atoms with E-state index < -0.39 is 5.60 Å². The highest BCUT2D eigenvalue weighted by molar-refractivity contribution is 5.25. The van der Waals surface area contributed by atoms with Gasteiger partial charge in [-0.15, -0.1) is 0 Å². The molecule has 1 aliphatic heterocycles. The lowest BCUT2D eigenvalue weighted by Crippen LogP contribution is -2.59. The average molecular weight is 338 g/mol. The molecule has 3 rings (SSSR count). The van der Waals surface area contributed by atoms with Crippen LogP contribution in [0.2, 0.25) is 0 Å². The number of piperidine rings is 1. The second-order valence-electron chi connectivity index (χ2n) is 7.41. The zero-order valence-electron chi connectivity index (χ0n) is 15.4. The van der Waals surface area contributed by atoms with Crippen molar-refractivity contribution in [1.29, 1.82) is 0 Å². The molecule has 0 aromatic heterocycles. The lowest BCUT2D eigenvalue weighted by Gasteiger charge is -2.47. The number of aliphatic hydroxyl groups is 1. The Labute approximate surface area is 151 Å². The summed E-state index contributed by atoms with van der Waals surface area (Å²) in [6.07, 6.45) is 3.06. The molecule has 0 spiro atoms. The van der Waals surface area contributed by atoms with E-state index in [0.29, 0.717) is 0 Å². The summed E-state index contributed by atoms with van der Waals surface area (Å²) in [7, 11) is 4.15. The van der Waals surface area contributed by atoms with Crippen LogP contribution >= 0.6 is 0 Å². The van der Waals surface area contributed by atoms with Crippen LogP contribution in [0.25, 0.3) is 0 Å². The lowest BCUT2D eigenvalue weighted by atomic mass is 9.80. The lowest BCUT2D eigenvalue weighted by molar-refractivity contribution is -0.0877. The minimum absolute atomic E-state index is 0.111. The van der Waals surface area contributed by atoms with E-state index in [9.17, 15) is 5.11 Å². The molecule has 1 aliphatic rings. The SMILES string of the molecule is CN(C)[C@@H]1CN(CCCc2ccccc2)CC[C@]1(O)c1ccccc1. The number of aryl methyl sites for hydroxylation is 1. The Morgan fingerprint density at radius 2 is 1.68 bits per heavy atom. The first-order valence-electron chi connectivity index (χ1n) is 9.30. The smallest absolute Gasteiger partial charge is 0.107 e. The fraction of sp³-hybridized carbons (Fsp3) is 0.455. The molecule has 0 saturated carbocycles. The third-order valence-electron chi connectivity index (χ3n) is 5.47. The molecule has 3 nitrogen and oxygen atoms in total. The highest BCUT2D eigenvalue weighted by atomic mass is 16.3. The van der Waals surface area contributed by atoms with Crippen molar-refractivity contribution in [1.82, 2.24) is 9.80 Å². The van der Waals surface area contributed by atoms with E-state index in [1.807, 2.05) is 18.2 Å². The minimum Gasteiger partial charge on any atom is -0.383 e. The van der Waals surface area contributed by atoms with Gasteiger partial charge in [0.05, 0.1) is 6.04 Å². The Balaban J connectivity index is 1.61. The molecule has 0 bridgehead atoms. The summed E-state index contributed by atoms with van der Waals surface area (Å²) in [5.41, 5.74) is 1.68. The second kappa shape index (κ2) is 8.13. The highest BCUT2D eigenvalue weighted by Gasteiger charge is 2.43. The first-order chi connectivity index (χ1) is 12.1. The van der Waals surface area contributed by atoms with Crippen LogP contribution in [-0.4, -0.2) is 54.7 Å². The Morgan fingerprint density at radius 1 is 1.04 bits per heavy atom. The summed E-state index contributed by atoms with van der Waals surface area (Å²) in [5.74, 6) is 0. The molecule has 1 fully saturated rings. The van der Waals surface area contributed by atoms with Crippen molar-refractivity contribution in [2.75, 3.05) is 33.7 Å². The summed E-state index contributed by atoms with van der Waals surface area (Å²) in [5, 5.41) is 11.4. The molecule has 2 atom stereocenters. The molecule has 1 N–H and O–H groups in total. The standard InChI is InChI=1S/C22H30N2O/c1-23(2)21-18-24(16-9-12-19-10-5-3-6-11-19)17-15-22(21,25)20-13-7-4-8-14-20/h3-8,10-11,13-14,21,25H,9,12,15-18H2,1-2H3/t21-,22+/m1/s1. The first kappa shape index (κ1) is 18.1. The van der Waals surface area contributed by atoms with Gasteiger partial charge in [-0.3, -0.25) is 0 Å². The molecule has 0 radical (unpaired) electrons. The summed E-state index contributed by atoms with van der Waals surface area (Å²) in [6, 6.07) is 21.0. The van der Waals surface area contributed by atoms with Crippen molar-refractivity contribution in [3.63, 3.8) is 0 Å². The average Bonchev–Trinajstić information content (AvgIpc) is 2.64. The van der Waals surface area contributed by atoms with Gasteiger partial charge in [0, 0.05) is 13.1 Å². The van der Waals surface area contributed by atoms with Gasteiger partial charge >= 0.3 is 0 Å². The first-order valence-corrected chi connectivity index (χ1v) is 9.30. The van der Waals surface area contributed by atoms with Gasteiger partial charge in [0.1, 0.15) is 5.60 Å². The van der Waals surface area contributed by atoms with Crippen molar-refractivity contribution in [2.45, 2.75) is 30.9 Å². The molecule has 25 heavy (non-hydrogen) atoms. The predicted octanol–water partition coefficient (Wildman–Crippen LogP) is 3.14. The normalized spacial score (nSPS) is 24.6. The highest BCUT2D eigenvalue weighted by Crippen LogP contribution is 2.35. The molecule has 1 heterocycles. The minimum atomic E-state index is -0.763. The van der Waals surface area contributed by atoms with E-state index in [2.05, 4.69) is 66.4 Å². The van der Waals surface area contributed by atoms with Crippen LogP contribution in [0.4, 0.5) is 0 Å². The number of likely N-dealkylation sites (tertiary alicyclic amines) is 1.